The third-order valence-corrected chi connectivity index (χ3v) is 4.34. The molecule has 80 valence electrons. The van der Waals surface area contributed by atoms with Gasteiger partial charge in [-0.3, -0.25) is 4.48 Å². The first kappa shape index (κ1) is 8.66. The first-order valence-electron chi connectivity index (χ1n) is 5.40. The fourth-order valence-corrected chi connectivity index (χ4v) is 4.04. The van der Waals surface area contributed by atoms with E-state index >= 15 is 0 Å². The molecule has 4 fully saturated rings. The van der Waals surface area contributed by atoms with Gasteiger partial charge in [-0.2, -0.15) is 0 Å². The second kappa shape index (κ2) is 2.81. The van der Waals surface area contributed by atoms with Crippen molar-refractivity contribution in [3.05, 3.63) is 16.8 Å². The Hall–Kier alpha value is -0.460. The summed E-state index contributed by atoms with van der Waals surface area (Å²) in [5, 5.41) is 4.52. The number of thiophene rings is 1. The normalized spacial score (nSPS) is 47.3. The van der Waals surface area contributed by atoms with E-state index in [-0.39, 0.29) is 0 Å². The van der Waals surface area contributed by atoms with Crippen LogP contribution in [-0.4, -0.2) is 54.7 Å². The van der Waals surface area contributed by atoms with E-state index in [1.807, 2.05) is 11.3 Å². The van der Waals surface area contributed by atoms with Crippen LogP contribution in [0, 0.1) is 0 Å². The molecule has 1 aromatic rings. The van der Waals surface area contributed by atoms with Gasteiger partial charge >= 0.3 is 0 Å². The van der Waals surface area contributed by atoms with Crippen molar-refractivity contribution in [2.24, 2.45) is 0 Å². The Labute approximate surface area is 93.5 Å². The van der Waals surface area contributed by atoms with Crippen molar-refractivity contribution in [1.29, 1.82) is 0 Å². The van der Waals surface area contributed by atoms with Crippen LogP contribution in [0.5, 0.6) is 0 Å². The average molecular weight is 223 g/mol. The molecule has 4 saturated heterocycles. The van der Waals surface area contributed by atoms with Crippen molar-refractivity contribution >= 4 is 17.0 Å². The minimum absolute atomic E-state index is 1.13. The standard InChI is InChI=1S/C10H15N4S/c1-2-15-3-10(1)14-7-11-4-12(8-14)6-13(5-11)9-14/h1-3H,4-9H2/q+1. The van der Waals surface area contributed by atoms with E-state index in [1.54, 1.807) is 0 Å². The van der Waals surface area contributed by atoms with Crippen molar-refractivity contribution in [2.75, 3.05) is 40.0 Å². The highest BCUT2D eigenvalue weighted by atomic mass is 32.1. The third-order valence-electron chi connectivity index (χ3n) is 3.67. The lowest BCUT2D eigenvalue weighted by Crippen LogP contribution is -2.80. The molecule has 0 N–H and O–H groups in total. The minimum atomic E-state index is 1.13. The maximum Gasteiger partial charge on any atom is 0.146 e. The Kier molecular flexibility index (Phi) is 1.62. The van der Waals surface area contributed by atoms with E-state index in [0.29, 0.717) is 0 Å². The van der Waals surface area contributed by atoms with Crippen LogP contribution in [0.3, 0.4) is 0 Å². The van der Waals surface area contributed by atoms with Crippen LogP contribution >= 0.6 is 11.3 Å². The molecule has 4 nitrogen and oxygen atoms in total. The van der Waals surface area contributed by atoms with Gasteiger partial charge < -0.3 is 0 Å². The molecule has 0 aromatic carbocycles. The Balaban J connectivity index is 1.77. The van der Waals surface area contributed by atoms with Crippen molar-refractivity contribution < 1.29 is 0 Å². The smallest absolute Gasteiger partial charge is 0.146 e. The lowest BCUT2D eigenvalue weighted by atomic mass is 10.2. The average Bonchev–Trinajstić information content (AvgIpc) is 2.67. The second-order valence-electron chi connectivity index (χ2n) is 4.99. The monoisotopic (exact) mass is 223 g/mol. The van der Waals surface area contributed by atoms with E-state index in [0.717, 1.165) is 4.48 Å². The first-order valence-corrected chi connectivity index (χ1v) is 6.34. The summed E-state index contributed by atoms with van der Waals surface area (Å²) < 4.78 is 1.13. The lowest BCUT2D eigenvalue weighted by Gasteiger charge is -2.60. The SMILES string of the molecule is c1cc([N+]23CN4CN(CN(C4)C2)C3)cs1. The van der Waals surface area contributed by atoms with Gasteiger partial charge in [-0.25, -0.2) is 14.7 Å². The number of rotatable bonds is 1. The molecule has 5 rings (SSSR count). The lowest BCUT2D eigenvalue weighted by molar-refractivity contribution is -0.189. The molecule has 0 amide bonds. The highest BCUT2D eigenvalue weighted by Crippen LogP contribution is 2.35. The van der Waals surface area contributed by atoms with E-state index in [2.05, 4.69) is 31.5 Å². The van der Waals surface area contributed by atoms with E-state index in [1.165, 1.54) is 45.7 Å². The number of hydrogen-bond acceptors (Lipinski definition) is 4. The van der Waals surface area contributed by atoms with Crippen LogP contribution in [0.15, 0.2) is 16.8 Å². The molecule has 0 saturated carbocycles. The predicted molar refractivity (Wildman–Crippen MR) is 60.8 cm³/mol. The molecule has 4 aliphatic rings. The maximum absolute atomic E-state index is 2.55. The molecule has 0 spiro atoms. The van der Waals surface area contributed by atoms with Crippen molar-refractivity contribution in [2.45, 2.75) is 0 Å². The van der Waals surface area contributed by atoms with Gasteiger partial charge in [0.25, 0.3) is 0 Å². The Morgan fingerprint density at radius 1 is 1.00 bits per heavy atom. The van der Waals surface area contributed by atoms with Gasteiger partial charge in [-0.1, -0.05) is 0 Å². The first-order chi connectivity index (χ1) is 7.34. The van der Waals surface area contributed by atoms with E-state index in [4.69, 9.17) is 0 Å². The molecule has 5 heterocycles. The summed E-state index contributed by atoms with van der Waals surface area (Å²) in [4.78, 5) is 7.65. The van der Waals surface area contributed by atoms with Gasteiger partial charge in [0.2, 0.25) is 0 Å². The van der Waals surface area contributed by atoms with Gasteiger partial charge in [-0.05, 0) is 5.38 Å². The van der Waals surface area contributed by atoms with Crippen LogP contribution in [0.4, 0.5) is 5.69 Å². The molecule has 0 atom stereocenters. The zero-order valence-corrected chi connectivity index (χ0v) is 9.49. The summed E-state index contributed by atoms with van der Waals surface area (Å²) in [5.41, 5.74) is 1.50. The van der Waals surface area contributed by atoms with Gasteiger partial charge in [0.1, 0.15) is 25.7 Å². The van der Waals surface area contributed by atoms with Crippen molar-refractivity contribution in [3.63, 3.8) is 0 Å². The van der Waals surface area contributed by atoms with Gasteiger partial charge in [-0.15, -0.1) is 11.3 Å². The van der Waals surface area contributed by atoms with Gasteiger partial charge in [0.05, 0.1) is 25.4 Å². The summed E-state index contributed by atoms with van der Waals surface area (Å²) in [6.07, 6.45) is 0. The fourth-order valence-electron chi connectivity index (χ4n) is 3.31. The Bertz CT molecular complexity index is 339. The van der Waals surface area contributed by atoms with Crippen LogP contribution in [0.2, 0.25) is 0 Å². The molecule has 5 heteroatoms. The predicted octanol–water partition coefficient (Wildman–Crippen LogP) is 0.747. The molecular formula is C10H15N4S+. The minimum Gasteiger partial charge on any atom is -0.253 e. The summed E-state index contributed by atoms with van der Waals surface area (Å²) >= 11 is 1.82. The van der Waals surface area contributed by atoms with Crippen LogP contribution in [0.25, 0.3) is 0 Å². The van der Waals surface area contributed by atoms with Gasteiger partial charge in [0.15, 0.2) is 0 Å². The van der Waals surface area contributed by atoms with Crippen LogP contribution in [-0.2, 0) is 0 Å². The highest BCUT2D eigenvalue weighted by molar-refractivity contribution is 7.08. The number of nitrogens with zero attached hydrogens (tertiary/aromatic N) is 4. The zero-order valence-electron chi connectivity index (χ0n) is 8.67. The topological polar surface area (TPSA) is 9.72 Å². The zero-order chi connectivity index (χ0) is 9.88. The molecule has 1 aromatic heterocycles. The number of hydrogen-bond donors (Lipinski definition) is 0. The Morgan fingerprint density at radius 3 is 2.07 bits per heavy atom. The molecule has 4 aliphatic heterocycles. The molecule has 0 radical (unpaired) electrons. The highest BCUT2D eigenvalue weighted by Gasteiger charge is 2.49. The Morgan fingerprint density at radius 2 is 1.60 bits per heavy atom. The third kappa shape index (κ3) is 1.15. The van der Waals surface area contributed by atoms with Crippen LogP contribution in [0.1, 0.15) is 0 Å². The van der Waals surface area contributed by atoms with Crippen LogP contribution < -0.4 is 4.48 Å². The molecular weight excluding hydrogens is 208 g/mol. The molecule has 4 bridgehead atoms. The molecule has 15 heavy (non-hydrogen) atoms. The summed E-state index contributed by atoms with van der Waals surface area (Å²) in [7, 11) is 0. The fraction of sp³-hybridized carbons (Fsp3) is 0.600. The largest absolute Gasteiger partial charge is 0.253 e. The molecule has 0 unspecified atom stereocenters. The van der Waals surface area contributed by atoms with E-state index < -0.39 is 0 Å². The van der Waals surface area contributed by atoms with Crippen molar-refractivity contribution in [1.82, 2.24) is 19.2 Å². The van der Waals surface area contributed by atoms with E-state index in [9.17, 15) is 0 Å². The molecule has 0 aliphatic carbocycles. The quantitative estimate of drug-likeness (QED) is 0.650. The maximum atomic E-state index is 2.55. The van der Waals surface area contributed by atoms with Gasteiger partial charge in [0, 0.05) is 6.07 Å². The second-order valence-corrected chi connectivity index (χ2v) is 5.77. The summed E-state index contributed by atoms with van der Waals surface area (Å²) in [6, 6.07) is 2.29. The number of quaternary nitrogens is 1. The van der Waals surface area contributed by atoms with Crippen molar-refractivity contribution in [3.8, 4) is 0 Å². The summed E-state index contributed by atoms with van der Waals surface area (Å²) in [5.74, 6) is 0. The summed E-state index contributed by atoms with van der Waals surface area (Å²) in [6.45, 7) is 7.10.